The van der Waals surface area contributed by atoms with E-state index in [2.05, 4.69) is 10.3 Å². The number of nitrogens with one attached hydrogen (secondary N) is 1. The standard InChI is InChI=1S/C17H15FN2O2S/c1-10-16(15-8-7-14(22-15)9-19-11(2)21)20-17(23-10)12-3-5-13(18)6-4-12/h3-8H,9H2,1-2H3,(H,19,21). The van der Waals surface area contributed by atoms with E-state index in [9.17, 15) is 9.18 Å². The van der Waals surface area contributed by atoms with Crippen LogP contribution < -0.4 is 5.32 Å². The lowest BCUT2D eigenvalue weighted by Crippen LogP contribution is -2.18. The van der Waals surface area contributed by atoms with Gasteiger partial charge in [-0.05, 0) is 43.3 Å². The van der Waals surface area contributed by atoms with E-state index in [0.29, 0.717) is 18.1 Å². The molecule has 2 heterocycles. The molecular weight excluding hydrogens is 315 g/mol. The number of carbonyl (C=O) groups is 1. The summed E-state index contributed by atoms with van der Waals surface area (Å²) in [6.07, 6.45) is 0. The summed E-state index contributed by atoms with van der Waals surface area (Å²) in [6, 6.07) is 9.92. The highest BCUT2D eigenvalue weighted by atomic mass is 32.1. The molecule has 118 valence electrons. The molecule has 6 heteroatoms. The quantitative estimate of drug-likeness (QED) is 0.782. The van der Waals surface area contributed by atoms with Crippen LogP contribution in [-0.4, -0.2) is 10.9 Å². The molecule has 3 aromatic rings. The van der Waals surface area contributed by atoms with Crippen molar-refractivity contribution in [2.75, 3.05) is 0 Å². The number of thiazole rings is 1. The molecule has 0 spiro atoms. The highest BCUT2D eigenvalue weighted by Crippen LogP contribution is 2.34. The molecule has 0 atom stereocenters. The van der Waals surface area contributed by atoms with Gasteiger partial charge in [0.25, 0.3) is 0 Å². The second-order valence-electron chi connectivity index (χ2n) is 5.11. The first-order valence-electron chi connectivity index (χ1n) is 7.10. The molecule has 1 aromatic carbocycles. The maximum atomic E-state index is 13.0. The van der Waals surface area contributed by atoms with E-state index in [1.165, 1.54) is 30.4 Å². The third-order valence-electron chi connectivity index (χ3n) is 3.29. The van der Waals surface area contributed by atoms with Gasteiger partial charge in [-0.1, -0.05) is 0 Å². The maximum Gasteiger partial charge on any atom is 0.217 e. The third-order valence-corrected chi connectivity index (χ3v) is 4.31. The fourth-order valence-corrected chi connectivity index (χ4v) is 3.08. The number of halogens is 1. The lowest BCUT2D eigenvalue weighted by atomic mass is 10.2. The molecule has 0 saturated heterocycles. The van der Waals surface area contributed by atoms with Gasteiger partial charge in [-0.2, -0.15) is 0 Å². The van der Waals surface area contributed by atoms with Crippen molar-refractivity contribution in [1.82, 2.24) is 10.3 Å². The number of amides is 1. The Labute approximate surface area is 137 Å². The molecule has 0 aliphatic carbocycles. The van der Waals surface area contributed by atoms with Crippen LogP contribution in [0.25, 0.3) is 22.0 Å². The lowest BCUT2D eigenvalue weighted by Gasteiger charge is -1.98. The van der Waals surface area contributed by atoms with Crippen LogP contribution in [0.15, 0.2) is 40.8 Å². The van der Waals surface area contributed by atoms with Gasteiger partial charge in [-0.15, -0.1) is 11.3 Å². The van der Waals surface area contributed by atoms with Gasteiger partial charge in [0.15, 0.2) is 5.76 Å². The predicted octanol–water partition coefficient (Wildman–Crippen LogP) is 4.15. The van der Waals surface area contributed by atoms with Crippen LogP contribution in [0.3, 0.4) is 0 Å². The van der Waals surface area contributed by atoms with Crippen molar-refractivity contribution in [3.05, 3.63) is 52.9 Å². The Morgan fingerprint density at radius 3 is 2.70 bits per heavy atom. The zero-order valence-electron chi connectivity index (χ0n) is 12.7. The molecular formula is C17H15FN2O2S. The normalized spacial score (nSPS) is 10.7. The number of rotatable bonds is 4. The molecule has 0 aliphatic heterocycles. The summed E-state index contributed by atoms with van der Waals surface area (Å²) < 4.78 is 18.8. The smallest absolute Gasteiger partial charge is 0.217 e. The zero-order valence-corrected chi connectivity index (χ0v) is 13.5. The molecule has 3 rings (SSSR count). The van der Waals surface area contributed by atoms with Crippen LogP contribution >= 0.6 is 11.3 Å². The molecule has 0 bridgehead atoms. The number of hydrogen-bond acceptors (Lipinski definition) is 4. The van der Waals surface area contributed by atoms with E-state index in [1.807, 2.05) is 19.1 Å². The fraction of sp³-hybridized carbons (Fsp3) is 0.176. The SMILES string of the molecule is CC(=O)NCc1ccc(-c2nc(-c3ccc(F)cc3)sc2C)o1. The monoisotopic (exact) mass is 330 g/mol. The number of benzene rings is 1. The van der Waals surface area contributed by atoms with Crippen LogP contribution in [0.2, 0.25) is 0 Å². The van der Waals surface area contributed by atoms with E-state index in [1.54, 1.807) is 12.1 Å². The van der Waals surface area contributed by atoms with Crippen molar-refractivity contribution < 1.29 is 13.6 Å². The van der Waals surface area contributed by atoms with Gasteiger partial charge >= 0.3 is 0 Å². The molecule has 0 aliphatic rings. The first-order valence-corrected chi connectivity index (χ1v) is 7.91. The van der Waals surface area contributed by atoms with Gasteiger partial charge in [0, 0.05) is 17.4 Å². The minimum absolute atomic E-state index is 0.105. The van der Waals surface area contributed by atoms with Crippen molar-refractivity contribution in [2.45, 2.75) is 20.4 Å². The summed E-state index contributed by atoms with van der Waals surface area (Å²) in [6.45, 7) is 3.78. The van der Waals surface area contributed by atoms with E-state index >= 15 is 0 Å². The van der Waals surface area contributed by atoms with E-state index < -0.39 is 0 Å². The summed E-state index contributed by atoms with van der Waals surface area (Å²) in [5.74, 6) is 0.959. The number of furan rings is 1. The van der Waals surface area contributed by atoms with Crippen molar-refractivity contribution in [1.29, 1.82) is 0 Å². The predicted molar refractivity (Wildman–Crippen MR) is 87.5 cm³/mol. The van der Waals surface area contributed by atoms with Crippen molar-refractivity contribution in [3.8, 4) is 22.0 Å². The van der Waals surface area contributed by atoms with Gasteiger partial charge in [-0.3, -0.25) is 4.79 Å². The summed E-state index contributed by atoms with van der Waals surface area (Å²) in [4.78, 5) is 16.6. The Kier molecular flexibility index (Phi) is 4.25. The Morgan fingerprint density at radius 1 is 1.26 bits per heavy atom. The van der Waals surface area contributed by atoms with Gasteiger partial charge in [0.2, 0.25) is 5.91 Å². The van der Waals surface area contributed by atoms with Crippen molar-refractivity contribution >= 4 is 17.2 Å². The number of aromatic nitrogens is 1. The third kappa shape index (κ3) is 3.48. The average Bonchev–Trinajstić information content (AvgIpc) is 3.12. The van der Waals surface area contributed by atoms with Gasteiger partial charge < -0.3 is 9.73 Å². The Morgan fingerprint density at radius 2 is 2.00 bits per heavy atom. The first kappa shape index (κ1) is 15.4. The Bertz CT molecular complexity index is 837. The van der Waals surface area contributed by atoms with Crippen LogP contribution in [-0.2, 0) is 11.3 Å². The second-order valence-corrected chi connectivity index (χ2v) is 6.31. The molecule has 2 aromatic heterocycles. The highest BCUT2D eigenvalue weighted by molar-refractivity contribution is 7.15. The number of nitrogens with zero attached hydrogens (tertiary/aromatic N) is 1. The molecule has 4 nitrogen and oxygen atoms in total. The summed E-state index contributed by atoms with van der Waals surface area (Å²) in [5, 5.41) is 3.51. The molecule has 0 fully saturated rings. The molecule has 0 saturated carbocycles. The number of aryl methyl sites for hydroxylation is 1. The maximum absolute atomic E-state index is 13.0. The summed E-state index contributed by atoms with van der Waals surface area (Å²) >= 11 is 1.53. The number of carbonyl (C=O) groups excluding carboxylic acids is 1. The van der Waals surface area contributed by atoms with Crippen LogP contribution in [0.5, 0.6) is 0 Å². The van der Waals surface area contributed by atoms with Crippen molar-refractivity contribution in [2.24, 2.45) is 0 Å². The molecule has 1 amide bonds. The minimum atomic E-state index is -0.268. The molecule has 0 radical (unpaired) electrons. The van der Waals surface area contributed by atoms with E-state index in [-0.39, 0.29) is 11.7 Å². The lowest BCUT2D eigenvalue weighted by molar-refractivity contribution is -0.119. The second kappa shape index (κ2) is 6.34. The van der Waals surface area contributed by atoms with Gasteiger partial charge in [0.1, 0.15) is 22.3 Å². The Balaban J connectivity index is 1.86. The average molecular weight is 330 g/mol. The van der Waals surface area contributed by atoms with Crippen LogP contribution in [0.4, 0.5) is 4.39 Å². The van der Waals surface area contributed by atoms with Crippen molar-refractivity contribution in [3.63, 3.8) is 0 Å². The van der Waals surface area contributed by atoms with E-state index in [0.717, 1.165) is 21.1 Å². The summed E-state index contributed by atoms with van der Waals surface area (Å²) in [5.41, 5.74) is 1.64. The fourth-order valence-electron chi connectivity index (χ4n) is 2.15. The highest BCUT2D eigenvalue weighted by Gasteiger charge is 2.14. The molecule has 0 unspecified atom stereocenters. The first-order chi connectivity index (χ1) is 11.0. The Hall–Kier alpha value is -2.47. The topological polar surface area (TPSA) is 55.1 Å². The molecule has 1 N–H and O–H groups in total. The zero-order chi connectivity index (χ0) is 16.4. The van der Waals surface area contributed by atoms with Crippen LogP contribution in [0.1, 0.15) is 17.6 Å². The van der Waals surface area contributed by atoms with E-state index in [4.69, 9.17) is 4.42 Å². The number of hydrogen-bond donors (Lipinski definition) is 1. The van der Waals surface area contributed by atoms with Gasteiger partial charge in [-0.25, -0.2) is 9.37 Å². The van der Waals surface area contributed by atoms with Gasteiger partial charge in [0.05, 0.1) is 6.54 Å². The summed E-state index contributed by atoms with van der Waals surface area (Å²) in [7, 11) is 0. The minimum Gasteiger partial charge on any atom is -0.458 e. The largest absolute Gasteiger partial charge is 0.458 e. The van der Waals surface area contributed by atoms with Crippen LogP contribution in [0, 0.1) is 12.7 Å². The molecule has 23 heavy (non-hydrogen) atoms.